The molecule has 1 aliphatic rings. The number of halogens is 1. The Kier molecular flexibility index (Phi) is 6.54. The van der Waals surface area contributed by atoms with Gasteiger partial charge in [-0.15, -0.1) is 0 Å². The molecule has 1 aliphatic heterocycles. The third-order valence-electron chi connectivity index (χ3n) is 6.99. The summed E-state index contributed by atoms with van der Waals surface area (Å²) in [6.07, 6.45) is 3.38. The van der Waals surface area contributed by atoms with Crippen molar-refractivity contribution in [2.75, 3.05) is 36.4 Å². The summed E-state index contributed by atoms with van der Waals surface area (Å²) in [5.74, 6) is 0.302. The lowest BCUT2D eigenvalue weighted by atomic mass is 9.97. The van der Waals surface area contributed by atoms with E-state index in [2.05, 4.69) is 54.3 Å². The highest BCUT2D eigenvalue weighted by molar-refractivity contribution is 6.37. The van der Waals surface area contributed by atoms with Gasteiger partial charge in [-0.05, 0) is 53.6 Å². The van der Waals surface area contributed by atoms with Crippen LogP contribution < -0.4 is 15.5 Å². The number of amides is 1. The molecule has 0 aliphatic carbocycles. The van der Waals surface area contributed by atoms with E-state index in [0.717, 1.165) is 59.6 Å². The number of nitrogens with one attached hydrogen (secondary N) is 2. The molecule has 2 N–H and O–H groups in total. The van der Waals surface area contributed by atoms with Gasteiger partial charge in [0.05, 0.1) is 10.7 Å². The number of anilines is 2. The zero-order valence-electron chi connectivity index (χ0n) is 21.0. The molecular weight excluding hydrogens is 496 g/mol. The molecule has 4 heterocycles. The number of carbonyl (C=O) groups is 1. The fraction of sp³-hybridized carbons (Fsp3) is 0.167. The van der Waals surface area contributed by atoms with Crippen molar-refractivity contribution in [3.05, 3.63) is 95.8 Å². The summed E-state index contributed by atoms with van der Waals surface area (Å²) >= 11 is 6.75. The number of aromatic nitrogens is 3. The second-order valence-electron chi connectivity index (χ2n) is 9.30. The van der Waals surface area contributed by atoms with E-state index in [0.29, 0.717) is 16.4 Å². The van der Waals surface area contributed by atoms with Crippen LogP contribution in [0.3, 0.4) is 0 Å². The average Bonchev–Trinajstić information content (AvgIpc) is 3.27. The molecule has 7 nitrogen and oxygen atoms in total. The molecule has 0 saturated carbocycles. The fourth-order valence-electron chi connectivity index (χ4n) is 5.09. The molecule has 8 heteroatoms. The Hall–Kier alpha value is -4.20. The van der Waals surface area contributed by atoms with Gasteiger partial charge in [0.2, 0.25) is 0 Å². The van der Waals surface area contributed by atoms with Crippen LogP contribution in [0.1, 0.15) is 10.4 Å². The Morgan fingerprint density at radius 1 is 0.895 bits per heavy atom. The largest absolute Gasteiger partial charge is 0.369 e. The molecule has 1 fully saturated rings. The van der Waals surface area contributed by atoms with Gasteiger partial charge in [-0.3, -0.25) is 4.79 Å². The van der Waals surface area contributed by atoms with E-state index in [-0.39, 0.29) is 5.91 Å². The molecule has 3 aromatic heterocycles. The molecular formula is C30H27ClN6O. The minimum Gasteiger partial charge on any atom is -0.369 e. The highest BCUT2D eigenvalue weighted by atomic mass is 35.5. The number of benzene rings is 2. The summed E-state index contributed by atoms with van der Waals surface area (Å²) in [6.45, 7) is 3.99. The van der Waals surface area contributed by atoms with Crippen LogP contribution in [0.25, 0.3) is 33.4 Å². The van der Waals surface area contributed by atoms with Gasteiger partial charge in [0.1, 0.15) is 11.5 Å². The highest BCUT2D eigenvalue weighted by Crippen LogP contribution is 2.42. The average molecular weight is 523 g/mol. The Balaban J connectivity index is 1.40. The van der Waals surface area contributed by atoms with Crippen LogP contribution in [-0.2, 0) is 7.05 Å². The molecule has 2 aromatic carbocycles. The summed E-state index contributed by atoms with van der Waals surface area (Å²) in [5, 5.41) is 7.77. The summed E-state index contributed by atoms with van der Waals surface area (Å²) in [4.78, 5) is 24.0. The number of piperazine rings is 1. The van der Waals surface area contributed by atoms with E-state index in [4.69, 9.17) is 11.6 Å². The molecule has 190 valence electrons. The van der Waals surface area contributed by atoms with E-state index in [9.17, 15) is 4.79 Å². The van der Waals surface area contributed by atoms with Crippen LogP contribution in [0.15, 0.2) is 85.2 Å². The van der Waals surface area contributed by atoms with Crippen molar-refractivity contribution < 1.29 is 4.79 Å². The predicted octanol–water partition coefficient (Wildman–Crippen LogP) is 5.62. The Morgan fingerprint density at radius 3 is 2.34 bits per heavy atom. The third-order valence-corrected chi connectivity index (χ3v) is 7.30. The Bertz CT molecular complexity index is 1590. The number of fused-ring (bicyclic) bond motifs is 1. The van der Waals surface area contributed by atoms with E-state index in [1.54, 1.807) is 18.5 Å². The molecule has 0 unspecified atom stereocenters. The van der Waals surface area contributed by atoms with E-state index in [1.807, 2.05) is 49.5 Å². The van der Waals surface area contributed by atoms with Crippen molar-refractivity contribution in [2.24, 2.45) is 7.05 Å². The summed E-state index contributed by atoms with van der Waals surface area (Å²) < 4.78 is 2.10. The lowest BCUT2D eigenvalue weighted by Crippen LogP contribution is -2.43. The molecule has 6 rings (SSSR count). The monoisotopic (exact) mass is 522 g/mol. The lowest BCUT2D eigenvalue weighted by Gasteiger charge is -2.29. The lowest BCUT2D eigenvalue weighted by molar-refractivity contribution is 0.102. The maximum absolute atomic E-state index is 12.8. The van der Waals surface area contributed by atoms with Crippen molar-refractivity contribution in [1.29, 1.82) is 0 Å². The van der Waals surface area contributed by atoms with Crippen molar-refractivity contribution >= 4 is 40.0 Å². The van der Waals surface area contributed by atoms with Crippen LogP contribution in [-0.4, -0.2) is 46.6 Å². The number of hydrogen-bond donors (Lipinski definition) is 2. The second kappa shape index (κ2) is 10.3. The van der Waals surface area contributed by atoms with Gasteiger partial charge in [-0.1, -0.05) is 41.9 Å². The van der Waals surface area contributed by atoms with Gasteiger partial charge < -0.3 is 20.1 Å². The topological polar surface area (TPSA) is 75.1 Å². The van der Waals surface area contributed by atoms with Crippen LogP contribution in [0.2, 0.25) is 5.02 Å². The first kappa shape index (κ1) is 24.2. The molecule has 0 spiro atoms. The van der Waals surface area contributed by atoms with E-state index in [1.165, 1.54) is 5.69 Å². The number of aryl methyl sites for hydroxylation is 1. The maximum atomic E-state index is 12.8. The van der Waals surface area contributed by atoms with Gasteiger partial charge in [0.25, 0.3) is 5.91 Å². The number of rotatable bonds is 5. The van der Waals surface area contributed by atoms with Crippen molar-refractivity contribution in [3.8, 4) is 22.4 Å². The van der Waals surface area contributed by atoms with Crippen molar-refractivity contribution in [1.82, 2.24) is 19.9 Å². The zero-order valence-corrected chi connectivity index (χ0v) is 21.7. The first-order chi connectivity index (χ1) is 18.6. The molecule has 1 saturated heterocycles. The SMILES string of the molecule is Cn1c(-c2ccc(N3CCNCC3)cc2)c(-c2ccc(C(=O)Nc3ccccn3)cc2)c2c(Cl)ccnc21. The predicted molar refractivity (Wildman–Crippen MR) is 154 cm³/mol. The molecule has 0 atom stereocenters. The Morgan fingerprint density at radius 2 is 1.63 bits per heavy atom. The van der Waals surface area contributed by atoms with E-state index >= 15 is 0 Å². The molecule has 38 heavy (non-hydrogen) atoms. The maximum Gasteiger partial charge on any atom is 0.256 e. The quantitative estimate of drug-likeness (QED) is 0.313. The first-order valence-electron chi connectivity index (χ1n) is 12.6. The van der Waals surface area contributed by atoms with Crippen molar-refractivity contribution in [3.63, 3.8) is 0 Å². The zero-order chi connectivity index (χ0) is 26.1. The minimum atomic E-state index is -0.211. The van der Waals surface area contributed by atoms with Gasteiger partial charge in [-0.2, -0.15) is 0 Å². The van der Waals surface area contributed by atoms with Gasteiger partial charge in [0, 0.05) is 67.8 Å². The van der Waals surface area contributed by atoms with Gasteiger partial charge >= 0.3 is 0 Å². The summed E-state index contributed by atoms with van der Waals surface area (Å²) in [6, 6.07) is 23.5. The van der Waals surface area contributed by atoms with Gasteiger partial charge in [0.15, 0.2) is 0 Å². The van der Waals surface area contributed by atoms with Gasteiger partial charge in [-0.25, -0.2) is 9.97 Å². The fourth-order valence-corrected chi connectivity index (χ4v) is 5.33. The highest BCUT2D eigenvalue weighted by Gasteiger charge is 2.22. The third kappa shape index (κ3) is 4.51. The molecule has 0 radical (unpaired) electrons. The molecule has 1 amide bonds. The van der Waals surface area contributed by atoms with Crippen LogP contribution in [0.5, 0.6) is 0 Å². The second-order valence-corrected chi connectivity index (χ2v) is 9.71. The number of pyridine rings is 2. The van der Waals surface area contributed by atoms with Crippen LogP contribution >= 0.6 is 11.6 Å². The van der Waals surface area contributed by atoms with Crippen LogP contribution in [0, 0.1) is 0 Å². The van der Waals surface area contributed by atoms with Crippen molar-refractivity contribution in [2.45, 2.75) is 0 Å². The Labute approximate surface area is 226 Å². The summed E-state index contributed by atoms with van der Waals surface area (Å²) in [5.41, 5.74) is 6.63. The molecule has 0 bridgehead atoms. The first-order valence-corrected chi connectivity index (χ1v) is 13.0. The normalized spacial score (nSPS) is 13.6. The minimum absolute atomic E-state index is 0.211. The van der Waals surface area contributed by atoms with E-state index < -0.39 is 0 Å². The smallest absolute Gasteiger partial charge is 0.256 e. The standard InChI is InChI=1S/C30H27ClN6O/c1-36-28(21-9-11-23(12-10-21)37-18-16-32-17-19-37)26(27-24(31)13-15-34-29(27)36)20-5-7-22(8-6-20)30(38)35-25-4-2-3-14-33-25/h2-15,32H,16-19H2,1H3,(H,33,35,38). The molecule has 5 aromatic rings. The summed E-state index contributed by atoms with van der Waals surface area (Å²) in [7, 11) is 2.02. The van der Waals surface area contributed by atoms with Crippen LogP contribution in [0.4, 0.5) is 11.5 Å². The number of nitrogens with zero attached hydrogens (tertiary/aromatic N) is 4. The number of hydrogen-bond acceptors (Lipinski definition) is 5. The number of carbonyl (C=O) groups excluding carboxylic acids is 1.